The van der Waals surface area contributed by atoms with E-state index in [1.807, 2.05) is 0 Å². The van der Waals surface area contributed by atoms with Crippen LogP contribution in [0, 0.1) is 11.8 Å². The maximum absolute atomic E-state index is 13.1. The molecule has 608 valence electrons. The molecule has 0 bridgehead atoms. The van der Waals surface area contributed by atoms with Crippen LogP contribution in [0.2, 0.25) is 0 Å². The summed E-state index contributed by atoms with van der Waals surface area (Å²) in [6.07, 6.45) is 68.9. The number of hydrogen-bond acceptors (Lipinski definition) is 15. The van der Waals surface area contributed by atoms with E-state index in [4.69, 9.17) is 37.0 Å². The van der Waals surface area contributed by atoms with Crippen molar-refractivity contribution in [2.75, 3.05) is 39.6 Å². The monoisotopic (exact) mass is 1500 g/mol. The minimum absolute atomic E-state index is 0.0844. The number of esters is 4. The molecule has 0 amide bonds. The first-order valence-electron chi connectivity index (χ1n) is 42.8. The van der Waals surface area contributed by atoms with Gasteiger partial charge in [-0.1, -0.05) is 368 Å². The summed E-state index contributed by atoms with van der Waals surface area (Å²) in [5.41, 5.74) is 0. The number of phosphoric acid groups is 2. The van der Waals surface area contributed by atoms with E-state index in [1.54, 1.807) is 0 Å². The van der Waals surface area contributed by atoms with Gasteiger partial charge in [0.1, 0.15) is 19.3 Å². The first-order valence-corrected chi connectivity index (χ1v) is 45.8. The van der Waals surface area contributed by atoms with E-state index in [2.05, 4.69) is 65.8 Å². The van der Waals surface area contributed by atoms with Crippen LogP contribution < -0.4 is 0 Å². The lowest BCUT2D eigenvalue weighted by atomic mass is 10.00. The van der Waals surface area contributed by atoms with Crippen molar-refractivity contribution >= 4 is 39.5 Å². The van der Waals surface area contributed by atoms with Gasteiger partial charge >= 0.3 is 39.5 Å². The van der Waals surface area contributed by atoms with Gasteiger partial charge in [0.15, 0.2) is 12.2 Å². The van der Waals surface area contributed by atoms with Crippen LogP contribution in [0.5, 0.6) is 0 Å². The smallest absolute Gasteiger partial charge is 0.462 e. The van der Waals surface area contributed by atoms with E-state index in [0.717, 1.165) is 121 Å². The second-order valence-electron chi connectivity index (χ2n) is 30.3. The SMILES string of the molecule is CCCCCC/C=C\C=C/CCCCCCCC(=O)O[C@H](COC(=O)CCCCCCCCC(C)CC)COP(=O)(O)OC[C@H](O)COP(=O)(O)OC[C@@H](COC(=O)CCCCCCCCCCCCCCCCCCC)OC(=O)CCCCCCCCCCCCCCCCCCCCC(C)C. The number of rotatable bonds is 81. The number of ether oxygens (including phenoxy) is 4. The van der Waals surface area contributed by atoms with Crippen molar-refractivity contribution in [3.05, 3.63) is 24.3 Å². The van der Waals surface area contributed by atoms with Gasteiger partial charge in [0.2, 0.25) is 0 Å². The van der Waals surface area contributed by atoms with E-state index < -0.39 is 97.5 Å². The molecule has 3 N–H and O–H groups in total. The van der Waals surface area contributed by atoms with E-state index in [1.165, 1.54) is 218 Å². The fourth-order valence-corrected chi connectivity index (χ4v) is 14.1. The molecule has 0 fully saturated rings. The van der Waals surface area contributed by atoms with E-state index >= 15 is 0 Å². The highest BCUT2D eigenvalue weighted by molar-refractivity contribution is 7.47. The predicted molar refractivity (Wildman–Crippen MR) is 423 cm³/mol. The maximum Gasteiger partial charge on any atom is 0.472 e. The fraction of sp³-hybridized carbons (Fsp3) is 0.905. The summed E-state index contributed by atoms with van der Waals surface area (Å²) in [5.74, 6) is -0.590. The second kappa shape index (κ2) is 75.0. The maximum atomic E-state index is 13.1. The van der Waals surface area contributed by atoms with Gasteiger partial charge in [-0.25, -0.2) is 9.13 Å². The average molecular weight is 1500 g/mol. The molecule has 17 nitrogen and oxygen atoms in total. The zero-order chi connectivity index (χ0) is 75.6. The fourth-order valence-electron chi connectivity index (χ4n) is 12.5. The predicted octanol–water partition coefficient (Wildman–Crippen LogP) is 25.0. The quantitative estimate of drug-likeness (QED) is 0.0169. The Morgan fingerprint density at radius 2 is 0.573 bits per heavy atom. The number of carbonyl (C=O) groups excluding carboxylic acids is 4. The Bertz CT molecular complexity index is 2070. The van der Waals surface area contributed by atoms with Gasteiger partial charge in [0.25, 0.3) is 0 Å². The van der Waals surface area contributed by atoms with Crippen molar-refractivity contribution in [3.63, 3.8) is 0 Å². The van der Waals surface area contributed by atoms with Gasteiger partial charge in [-0.3, -0.25) is 37.3 Å². The van der Waals surface area contributed by atoms with E-state index in [0.29, 0.717) is 25.7 Å². The molecule has 0 saturated heterocycles. The molecule has 0 aliphatic carbocycles. The van der Waals surface area contributed by atoms with Gasteiger partial charge in [-0.15, -0.1) is 0 Å². The zero-order valence-electron chi connectivity index (χ0n) is 67.1. The Morgan fingerprint density at radius 3 is 0.874 bits per heavy atom. The van der Waals surface area contributed by atoms with Crippen LogP contribution in [-0.4, -0.2) is 96.7 Å². The third-order valence-corrected chi connectivity index (χ3v) is 21.3. The number of phosphoric ester groups is 2. The Hall–Kier alpha value is -2.46. The highest BCUT2D eigenvalue weighted by atomic mass is 31.2. The minimum atomic E-state index is -4.97. The van der Waals surface area contributed by atoms with Gasteiger partial charge in [0, 0.05) is 25.7 Å². The third kappa shape index (κ3) is 76.1. The molecular formula is C84H160O17P2. The Morgan fingerprint density at radius 1 is 0.320 bits per heavy atom. The Kier molecular flexibility index (Phi) is 73.2. The number of carbonyl (C=O) groups is 4. The molecule has 6 atom stereocenters. The molecule has 0 aromatic carbocycles. The molecule has 0 aromatic heterocycles. The molecule has 0 spiro atoms. The lowest BCUT2D eigenvalue weighted by Gasteiger charge is -2.21. The minimum Gasteiger partial charge on any atom is -0.462 e. The molecule has 0 aliphatic rings. The van der Waals surface area contributed by atoms with Crippen LogP contribution in [0.1, 0.15) is 420 Å². The summed E-state index contributed by atoms with van der Waals surface area (Å²) in [5, 5.41) is 10.7. The normalized spacial score (nSPS) is 14.3. The molecule has 0 heterocycles. The molecule has 103 heavy (non-hydrogen) atoms. The summed E-state index contributed by atoms with van der Waals surface area (Å²) in [7, 11) is -9.94. The first kappa shape index (κ1) is 101. The van der Waals surface area contributed by atoms with Crippen molar-refractivity contribution in [2.24, 2.45) is 11.8 Å². The van der Waals surface area contributed by atoms with Crippen LogP contribution in [0.15, 0.2) is 24.3 Å². The summed E-state index contributed by atoms with van der Waals surface area (Å²) in [6.45, 7) is 9.58. The van der Waals surface area contributed by atoms with Crippen LogP contribution in [0.3, 0.4) is 0 Å². The van der Waals surface area contributed by atoms with Crippen LogP contribution >= 0.6 is 15.6 Å². The molecule has 0 aromatic rings. The summed E-state index contributed by atoms with van der Waals surface area (Å²) >= 11 is 0. The highest BCUT2D eigenvalue weighted by Crippen LogP contribution is 2.45. The van der Waals surface area contributed by atoms with Crippen molar-refractivity contribution < 1.29 is 80.2 Å². The average Bonchev–Trinajstić information content (AvgIpc) is 0.925. The zero-order valence-corrected chi connectivity index (χ0v) is 68.9. The van der Waals surface area contributed by atoms with Crippen molar-refractivity contribution in [1.82, 2.24) is 0 Å². The lowest BCUT2D eigenvalue weighted by molar-refractivity contribution is -0.161. The molecule has 3 unspecified atom stereocenters. The first-order chi connectivity index (χ1) is 49.9. The van der Waals surface area contributed by atoms with Crippen molar-refractivity contribution in [1.29, 1.82) is 0 Å². The Balaban J connectivity index is 5.26. The van der Waals surface area contributed by atoms with E-state index in [9.17, 15) is 43.2 Å². The second-order valence-corrected chi connectivity index (χ2v) is 33.2. The number of unbranched alkanes of at least 4 members (excludes halogenated alkanes) is 47. The van der Waals surface area contributed by atoms with Gasteiger partial charge in [-0.05, 0) is 63.2 Å². The Labute approximate surface area is 631 Å². The number of allylic oxidation sites excluding steroid dienone is 4. The van der Waals surface area contributed by atoms with Gasteiger partial charge in [0.05, 0.1) is 26.4 Å². The van der Waals surface area contributed by atoms with Crippen LogP contribution in [0.4, 0.5) is 0 Å². The molecule has 0 saturated carbocycles. The van der Waals surface area contributed by atoms with Gasteiger partial charge < -0.3 is 33.8 Å². The number of hydrogen-bond donors (Lipinski definition) is 3. The molecule has 19 heteroatoms. The van der Waals surface area contributed by atoms with Crippen molar-refractivity contribution in [3.8, 4) is 0 Å². The standard InChI is InChI=1S/C84H160O17P2/c1-7-10-12-14-16-18-20-22-24-27-32-35-39-43-47-54-60-66-81(86)94-72-79(100-83(88)68-63-57-49-45-41-37-33-29-26-25-28-31-34-38-42-46-52-58-64-76(4)5)74-98-102(90,91)96-70-78(85)71-97-103(92,93)99-75-80(73-95-82(87)67-61-55-51-50-53-59-65-77(6)9-3)101-84(89)69-62-56-48-44-40-36-30-23-21-19-17-15-13-11-8-2/h19,21,23,30,76-80,85H,7-18,20,22,24-29,31-75H2,1-6H3,(H,90,91)(H,92,93)/b21-19-,30-23-/t77?,78-,79-,80-/m1/s1. The summed E-state index contributed by atoms with van der Waals surface area (Å²) in [6, 6.07) is 0. The van der Waals surface area contributed by atoms with Crippen LogP contribution in [0.25, 0.3) is 0 Å². The van der Waals surface area contributed by atoms with Crippen molar-refractivity contribution in [2.45, 2.75) is 439 Å². The summed E-state index contributed by atoms with van der Waals surface area (Å²) in [4.78, 5) is 73.1. The number of aliphatic hydroxyl groups excluding tert-OH is 1. The summed E-state index contributed by atoms with van der Waals surface area (Å²) < 4.78 is 68.7. The largest absolute Gasteiger partial charge is 0.472 e. The molecule has 0 aliphatic heterocycles. The topological polar surface area (TPSA) is 237 Å². The lowest BCUT2D eigenvalue weighted by Crippen LogP contribution is -2.30. The highest BCUT2D eigenvalue weighted by Gasteiger charge is 2.30. The third-order valence-electron chi connectivity index (χ3n) is 19.4. The molecule has 0 rings (SSSR count). The number of aliphatic hydroxyl groups is 1. The molecule has 0 radical (unpaired) electrons. The van der Waals surface area contributed by atoms with Crippen LogP contribution in [-0.2, 0) is 65.4 Å². The van der Waals surface area contributed by atoms with Gasteiger partial charge in [-0.2, -0.15) is 0 Å². The van der Waals surface area contributed by atoms with E-state index in [-0.39, 0.29) is 25.7 Å². The molecular weight excluding hydrogens is 1340 g/mol.